The molecular formula is C24H23N3O. The van der Waals surface area contributed by atoms with Crippen LogP contribution in [0.4, 0.5) is 0 Å². The molecule has 1 aromatic heterocycles. The third kappa shape index (κ3) is 3.81. The Morgan fingerprint density at radius 3 is 2.46 bits per heavy atom. The largest absolute Gasteiger partial charge is 0.352 e. The molecule has 1 N–H and O–H groups in total. The van der Waals surface area contributed by atoms with Crippen molar-refractivity contribution < 1.29 is 4.79 Å². The molecule has 140 valence electrons. The predicted octanol–water partition coefficient (Wildman–Crippen LogP) is 4.58. The first-order valence-corrected chi connectivity index (χ1v) is 9.55. The molecule has 4 nitrogen and oxygen atoms in total. The predicted molar refractivity (Wildman–Crippen MR) is 112 cm³/mol. The van der Waals surface area contributed by atoms with Gasteiger partial charge in [0.05, 0.1) is 11.0 Å². The van der Waals surface area contributed by atoms with Crippen LogP contribution in [0, 0.1) is 6.92 Å². The van der Waals surface area contributed by atoms with Crippen LogP contribution < -0.4 is 5.32 Å². The van der Waals surface area contributed by atoms with E-state index in [0.717, 1.165) is 28.1 Å². The van der Waals surface area contributed by atoms with Gasteiger partial charge in [-0.1, -0.05) is 54.6 Å². The average molecular weight is 369 g/mol. The summed E-state index contributed by atoms with van der Waals surface area (Å²) < 4.78 is 2.14. The number of imidazole rings is 1. The molecule has 4 rings (SSSR count). The van der Waals surface area contributed by atoms with Gasteiger partial charge < -0.3 is 5.32 Å². The summed E-state index contributed by atoms with van der Waals surface area (Å²) in [6.07, 6.45) is 0.991. The SMILES string of the molecule is Cc1ccccc1CNC(=O)CCc1nc2ccccc2n1-c1ccccc1. The van der Waals surface area contributed by atoms with Crippen LogP contribution in [0.25, 0.3) is 16.7 Å². The monoisotopic (exact) mass is 369 g/mol. The van der Waals surface area contributed by atoms with Crippen LogP contribution >= 0.6 is 0 Å². The topological polar surface area (TPSA) is 46.9 Å². The molecule has 0 unspecified atom stereocenters. The minimum Gasteiger partial charge on any atom is -0.352 e. The van der Waals surface area contributed by atoms with E-state index >= 15 is 0 Å². The van der Waals surface area contributed by atoms with E-state index in [1.54, 1.807) is 0 Å². The van der Waals surface area contributed by atoms with Crippen molar-refractivity contribution in [3.05, 3.63) is 95.8 Å². The van der Waals surface area contributed by atoms with Crippen LogP contribution in [-0.4, -0.2) is 15.5 Å². The van der Waals surface area contributed by atoms with Crippen LogP contribution in [0.1, 0.15) is 23.4 Å². The fraction of sp³-hybridized carbons (Fsp3) is 0.167. The number of para-hydroxylation sites is 3. The van der Waals surface area contributed by atoms with E-state index < -0.39 is 0 Å². The van der Waals surface area contributed by atoms with Gasteiger partial charge in [-0.25, -0.2) is 4.98 Å². The van der Waals surface area contributed by atoms with E-state index in [1.807, 2.05) is 54.6 Å². The second-order valence-electron chi connectivity index (χ2n) is 6.89. The molecule has 0 saturated carbocycles. The standard InChI is InChI=1S/C24H23N3O/c1-18-9-5-6-10-19(18)17-25-24(28)16-15-23-26-21-13-7-8-14-22(21)27(23)20-11-3-2-4-12-20/h2-14H,15-17H2,1H3,(H,25,28). The Balaban J connectivity index is 1.50. The van der Waals surface area contributed by atoms with E-state index in [0.29, 0.717) is 19.4 Å². The Morgan fingerprint density at radius 2 is 1.64 bits per heavy atom. The highest BCUT2D eigenvalue weighted by atomic mass is 16.1. The van der Waals surface area contributed by atoms with Crippen molar-refractivity contribution in [1.29, 1.82) is 0 Å². The van der Waals surface area contributed by atoms with E-state index in [4.69, 9.17) is 4.98 Å². The first-order chi connectivity index (χ1) is 13.7. The number of carbonyl (C=O) groups is 1. The van der Waals surface area contributed by atoms with Gasteiger partial charge in [0.25, 0.3) is 0 Å². The molecule has 0 radical (unpaired) electrons. The Kier molecular flexibility index (Phi) is 5.20. The molecule has 0 aliphatic rings. The molecule has 1 heterocycles. The van der Waals surface area contributed by atoms with Gasteiger partial charge in [-0.3, -0.25) is 9.36 Å². The summed E-state index contributed by atoms with van der Waals surface area (Å²) in [7, 11) is 0. The molecule has 0 aliphatic heterocycles. The van der Waals surface area contributed by atoms with Crippen molar-refractivity contribution in [3.63, 3.8) is 0 Å². The zero-order chi connectivity index (χ0) is 19.3. The maximum atomic E-state index is 12.4. The maximum Gasteiger partial charge on any atom is 0.220 e. The summed E-state index contributed by atoms with van der Waals surface area (Å²) in [5.74, 6) is 0.938. The number of nitrogens with zero attached hydrogens (tertiary/aromatic N) is 2. The van der Waals surface area contributed by atoms with Crippen molar-refractivity contribution in [1.82, 2.24) is 14.9 Å². The van der Waals surface area contributed by atoms with Crippen molar-refractivity contribution in [2.45, 2.75) is 26.3 Å². The summed E-state index contributed by atoms with van der Waals surface area (Å²) >= 11 is 0. The van der Waals surface area contributed by atoms with Gasteiger partial charge in [0.2, 0.25) is 5.91 Å². The number of rotatable bonds is 6. The molecule has 28 heavy (non-hydrogen) atoms. The van der Waals surface area contributed by atoms with Crippen LogP contribution in [0.5, 0.6) is 0 Å². The third-order valence-electron chi connectivity index (χ3n) is 4.96. The van der Waals surface area contributed by atoms with Gasteiger partial charge in [0.1, 0.15) is 5.82 Å². The van der Waals surface area contributed by atoms with Crippen molar-refractivity contribution in [2.24, 2.45) is 0 Å². The number of nitrogens with one attached hydrogen (secondary N) is 1. The summed E-state index contributed by atoms with van der Waals surface area (Å²) in [6, 6.07) is 26.4. The second-order valence-corrected chi connectivity index (χ2v) is 6.89. The first-order valence-electron chi connectivity index (χ1n) is 9.55. The Hall–Kier alpha value is -3.40. The van der Waals surface area contributed by atoms with E-state index in [1.165, 1.54) is 5.56 Å². The summed E-state index contributed by atoms with van der Waals surface area (Å²) in [5.41, 5.74) is 5.40. The van der Waals surface area contributed by atoms with Gasteiger partial charge in [-0.05, 0) is 42.3 Å². The van der Waals surface area contributed by atoms with Crippen LogP contribution in [0.2, 0.25) is 0 Å². The number of hydrogen-bond donors (Lipinski definition) is 1. The minimum absolute atomic E-state index is 0.0370. The number of fused-ring (bicyclic) bond motifs is 1. The lowest BCUT2D eigenvalue weighted by Crippen LogP contribution is -2.23. The van der Waals surface area contributed by atoms with Gasteiger partial charge in [0.15, 0.2) is 0 Å². The molecule has 0 fully saturated rings. The highest BCUT2D eigenvalue weighted by Crippen LogP contribution is 2.22. The number of aromatic nitrogens is 2. The highest BCUT2D eigenvalue weighted by molar-refractivity contribution is 5.79. The highest BCUT2D eigenvalue weighted by Gasteiger charge is 2.13. The van der Waals surface area contributed by atoms with Crippen LogP contribution in [0.15, 0.2) is 78.9 Å². The van der Waals surface area contributed by atoms with Crippen LogP contribution in [0.3, 0.4) is 0 Å². The van der Waals surface area contributed by atoms with E-state index in [-0.39, 0.29) is 5.91 Å². The zero-order valence-electron chi connectivity index (χ0n) is 15.9. The second kappa shape index (κ2) is 8.09. The van der Waals surface area contributed by atoms with Crippen molar-refractivity contribution >= 4 is 16.9 Å². The summed E-state index contributed by atoms with van der Waals surface area (Å²) in [6.45, 7) is 2.62. The maximum absolute atomic E-state index is 12.4. The quantitative estimate of drug-likeness (QED) is 0.541. The molecule has 0 saturated heterocycles. The third-order valence-corrected chi connectivity index (χ3v) is 4.96. The number of hydrogen-bond acceptors (Lipinski definition) is 2. The average Bonchev–Trinajstić information content (AvgIpc) is 3.10. The first kappa shape index (κ1) is 18.0. The van der Waals surface area contributed by atoms with E-state index in [2.05, 4.69) is 41.1 Å². The zero-order valence-corrected chi connectivity index (χ0v) is 15.9. The molecule has 1 amide bonds. The Bertz CT molecular complexity index is 1100. The molecule has 0 spiro atoms. The summed E-state index contributed by atoms with van der Waals surface area (Å²) in [5, 5.41) is 3.03. The molecule has 0 aliphatic carbocycles. The molecular weight excluding hydrogens is 346 g/mol. The number of benzene rings is 3. The van der Waals surface area contributed by atoms with E-state index in [9.17, 15) is 4.79 Å². The van der Waals surface area contributed by atoms with Crippen molar-refractivity contribution in [3.8, 4) is 5.69 Å². The Labute approximate surface area is 164 Å². The fourth-order valence-electron chi connectivity index (χ4n) is 3.42. The molecule has 0 atom stereocenters. The molecule has 4 aromatic rings. The minimum atomic E-state index is 0.0370. The van der Waals surface area contributed by atoms with Crippen LogP contribution in [-0.2, 0) is 17.8 Å². The normalized spacial score (nSPS) is 10.9. The fourth-order valence-corrected chi connectivity index (χ4v) is 3.42. The molecule has 3 aromatic carbocycles. The lowest BCUT2D eigenvalue weighted by Gasteiger charge is -2.10. The smallest absolute Gasteiger partial charge is 0.220 e. The van der Waals surface area contributed by atoms with Gasteiger partial charge >= 0.3 is 0 Å². The summed E-state index contributed by atoms with van der Waals surface area (Å²) in [4.78, 5) is 17.2. The molecule has 0 bridgehead atoms. The van der Waals surface area contributed by atoms with Gasteiger partial charge in [0, 0.05) is 25.1 Å². The number of carbonyl (C=O) groups excluding carboxylic acids is 1. The van der Waals surface area contributed by atoms with Gasteiger partial charge in [-0.2, -0.15) is 0 Å². The Morgan fingerprint density at radius 1 is 0.929 bits per heavy atom. The van der Waals surface area contributed by atoms with Crippen molar-refractivity contribution in [2.75, 3.05) is 0 Å². The molecule has 4 heteroatoms. The lowest BCUT2D eigenvalue weighted by molar-refractivity contribution is -0.121. The van der Waals surface area contributed by atoms with Gasteiger partial charge in [-0.15, -0.1) is 0 Å². The lowest BCUT2D eigenvalue weighted by atomic mass is 10.1. The number of aryl methyl sites for hydroxylation is 2. The number of amides is 1.